The third-order valence-corrected chi connectivity index (χ3v) is 30.9. The van der Waals surface area contributed by atoms with Gasteiger partial charge >= 0.3 is 18.9 Å². The lowest BCUT2D eigenvalue weighted by molar-refractivity contribution is -0.318. The molecule has 8 rings (SSSR count). The summed E-state index contributed by atoms with van der Waals surface area (Å²) in [7, 11) is 2.21. The molecule has 0 aromatic carbocycles. The van der Waals surface area contributed by atoms with Crippen molar-refractivity contribution in [2.75, 3.05) is 42.4 Å². The van der Waals surface area contributed by atoms with Gasteiger partial charge in [-0.3, -0.25) is 9.59 Å². The van der Waals surface area contributed by atoms with Crippen LogP contribution in [0.3, 0.4) is 0 Å². The third-order valence-electron chi connectivity index (χ3n) is 27.0. The molecule has 0 aromatic heterocycles. The van der Waals surface area contributed by atoms with Gasteiger partial charge in [-0.15, -0.1) is 0 Å². The van der Waals surface area contributed by atoms with E-state index in [4.69, 9.17) is 93.2 Å². The molecule has 8 heterocycles. The van der Waals surface area contributed by atoms with E-state index in [2.05, 4.69) is 88.4 Å². The number of likely N-dealkylation sites (N-methyl/N-ethyl adjacent to an activating group) is 2. The zero-order chi connectivity index (χ0) is 90.1. The number of carbonyl (C=O) groups is 2. The van der Waals surface area contributed by atoms with Gasteiger partial charge in [-0.2, -0.15) is 0 Å². The molecule has 8 fully saturated rings. The van der Waals surface area contributed by atoms with E-state index in [1.54, 1.807) is 55.8 Å². The first-order valence-electron chi connectivity index (χ1n) is 44.9. The molecule has 119 heavy (non-hydrogen) atoms. The van der Waals surface area contributed by atoms with Gasteiger partial charge in [0.1, 0.15) is 35.6 Å². The number of aliphatic hydroxyl groups is 4. The van der Waals surface area contributed by atoms with E-state index in [-0.39, 0.29) is 62.8 Å². The Morgan fingerprint density at radius 2 is 0.731 bits per heavy atom. The molecular weight excluding hydrogens is 1600 g/mol. The zero-order valence-corrected chi connectivity index (χ0v) is 84.4. The first-order valence-corrected chi connectivity index (χ1v) is 58.5. The summed E-state index contributed by atoms with van der Waals surface area (Å²) in [6, 6.07) is -0.354. The normalized spacial score (nSPS) is 48.4. The van der Waals surface area contributed by atoms with Crippen LogP contribution >= 0.6 is 0 Å². The molecule has 0 amide bonds. The fourth-order valence-electron chi connectivity index (χ4n) is 21.3. The summed E-state index contributed by atoms with van der Waals surface area (Å²) in [5.74, 6) is -8.60. The maximum absolute atomic E-state index is 15.9. The standard InChI is InChI=1S/C86H166BN2O26Si4/c1-39-61-85(19,94)73-51(7)65(47(3)43-81(15,92)71(106-79-69(112-116(27,28)29)59(88(21)22)41-49(5)98-79)53(9)67(55(11)77(90)102-61)104-63-45-83(17,96-25)75(57(13)100-63)114-118(33,34)35)108-87(110-73)109-66-48(4)44-82(16,93)72(107-80-70(113-117(30,31)32)60(89(23)24)42-50(6)99-80)54(10)68(56(12)78(91)103-62(40-2)86(20,95)74(111-87)52(66)8)105-64-46-84(18,97-26)76(58(14)101-64)115-119(36,37)38/h47-76,79-80,92-95H,39-46H2,1-38H3/q-1/t47-,48-,49-,50-,51-,52-,53+,54+,55-,56-,57+,58+,59+,60+,61-,62-,63+,64+,65+,66+,67-,68+,69-,70-,71-,72-,73-,74-,75+,76+,79+,80+,81-,82-,83-,84-,85-,86-,87?/m1/s1. The van der Waals surface area contributed by atoms with Crippen molar-refractivity contribution in [3.8, 4) is 0 Å². The van der Waals surface area contributed by atoms with Crippen LogP contribution in [0.25, 0.3) is 0 Å². The Bertz CT molecular complexity index is 3060. The molecular formula is C86H166BN2O26Si4-. The molecule has 0 radical (unpaired) electrons. The Morgan fingerprint density at radius 3 is 1.01 bits per heavy atom. The molecule has 1 unspecified atom stereocenters. The molecule has 8 aliphatic rings. The van der Waals surface area contributed by atoms with Crippen LogP contribution in [0.5, 0.6) is 0 Å². The van der Waals surface area contributed by atoms with Gasteiger partial charge < -0.3 is 123 Å². The lowest BCUT2D eigenvalue weighted by Gasteiger charge is -2.65. The van der Waals surface area contributed by atoms with Crippen LogP contribution in [-0.4, -0.2) is 306 Å². The Balaban J connectivity index is 1.29. The highest BCUT2D eigenvalue weighted by Crippen LogP contribution is 2.52. The number of hydrogen-bond donors (Lipinski definition) is 4. The average molecular weight is 1770 g/mol. The van der Waals surface area contributed by atoms with Crippen molar-refractivity contribution in [3.05, 3.63) is 0 Å². The van der Waals surface area contributed by atoms with E-state index >= 15 is 9.59 Å². The van der Waals surface area contributed by atoms with Crippen molar-refractivity contribution in [3.63, 3.8) is 0 Å². The van der Waals surface area contributed by atoms with Crippen molar-refractivity contribution in [2.24, 2.45) is 47.3 Å². The monoisotopic (exact) mass is 1770 g/mol. The number of cyclic esters (lactones) is 2. The highest BCUT2D eigenvalue weighted by Gasteiger charge is 2.65. The van der Waals surface area contributed by atoms with E-state index in [9.17, 15) is 20.4 Å². The largest absolute Gasteiger partial charge is 0.532 e. The Hall–Kier alpha value is -1.09. The van der Waals surface area contributed by atoms with Crippen molar-refractivity contribution < 1.29 is 123 Å². The lowest BCUT2D eigenvalue weighted by Crippen LogP contribution is -2.75. The minimum absolute atomic E-state index is 0.0710. The van der Waals surface area contributed by atoms with E-state index < -0.39 is 256 Å². The maximum Gasteiger partial charge on any atom is 0.532 e. The number of nitrogens with zero attached hydrogens (tertiary/aromatic N) is 2. The average Bonchev–Trinajstić information content (AvgIpc) is 0.721. The minimum atomic E-state index is -3.73. The van der Waals surface area contributed by atoms with Crippen LogP contribution < -0.4 is 0 Å². The number of methoxy groups -OCH3 is 2. The van der Waals surface area contributed by atoms with Crippen molar-refractivity contribution >= 4 is 52.2 Å². The summed E-state index contributed by atoms with van der Waals surface area (Å²) in [5.41, 5.74) is -9.79. The van der Waals surface area contributed by atoms with Gasteiger partial charge in [0, 0.05) is 75.0 Å². The molecule has 1 spiro atoms. The molecule has 33 heteroatoms. The number of carbonyl (C=O) groups excluding carboxylic acids is 2. The molecule has 28 nitrogen and oxygen atoms in total. The second-order valence-corrected chi connectivity index (χ2v) is 61.1. The smallest absolute Gasteiger partial charge is 0.516 e. The number of ether oxygens (including phenoxy) is 12. The Labute approximate surface area is 720 Å². The molecule has 696 valence electrons. The third kappa shape index (κ3) is 24.1. The van der Waals surface area contributed by atoms with E-state index in [1.165, 1.54) is 0 Å². The van der Waals surface area contributed by atoms with Crippen molar-refractivity contribution in [1.82, 2.24) is 9.80 Å². The van der Waals surface area contributed by atoms with Gasteiger partial charge in [0.05, 0.1) is 107 Å². The number of rotatable bonds is 22. The van der Waals surface area contributed by atoms with Crippen LogP contribution in [0.15, 0.2) is 0 Å². The summed E-state index contributed by atoms with van der Waals surface area (Å²) in [5, 5.41) is 56.2. The Morgan fingerprint density at radius 1 is 0.420 bits per heavy atom. The summed E-state index contributed by atoms with van der Waals surface area (Å²) >= 11 is 0. The topological polar surface area (TPSA) is 306 Å². The van der Waals surface area contributed by atoms with Crippen molar-refractivity contribution in [1.29, 1.82) is 0 Å². The zero-order valence-electron chi connectivity index (χ0n) is 80.4. The second kappa shape index (κ2) is 38.9. The maximum atomic E-state index is 15.9. The molecule has 8 aliphatic heterocycles. The molecule has 0 saturated carbocycles. The summed E-state index contributed by atoms with van der Waals surface area (Å²) < 4.78 is 141. The molecule has 0 aromatic rings. The van der Waals surface area contributed by atoms with E-state index in [0.29, 0.717) is 12.8 Å². The molecule has 0 aliphatic carbocycles. The lowest BCUT2D eigenvalue weighted by atomic mass is 9.69. The molecule has 8 saturated heterocycles. The predicted molar refractivity (Wildman–Crippen MR) is 465 cm³/mol. The minimum Gasteiger partial charge on any atom is -0.516 e. The quantitative estimate of drug-likeness (QED) is 0.0578. The van der Waals surface area contributed by atoms with Crippen LogP contribution in [0.4, 0.5) is 0 Å². The van der Waals surface area contributed by atoms with Crippen molar-refractivity contribution in [2.45, 2.75) is 449 Å². The number of fused-ring (bicyclic) bond motifs is 4. The van der Waals surface area contributed by atoms with Gasteiger partial charge in [0.25, 0.3) is 0 Å². The van der Waals surface area contributed by atoms with Gasteiger partial charge in [0.15, 0.2) is 58.4 Å². The van der Waals surface area contributed by atoms with Crippen LogP contribution in [0, 0.1) is 47.3 Å². The summed E-state index contributed by atoms with van der Waals surface area (Å²) in [6.07, 6.45) is -18.4. The van der Waals surface area contributed by atoms with Gasteiger partial charge in [-0.1, -0.05) is 55.4 Å². The van der Waals surface area contributed by atoms with Gasteiger partial charge in [-0.05, 0) is 240 Å². The first-order chi connectivity index (χ1) is 54.3. The van der Waals surface area contributed by atoms with E-state index in [1.807, 2.05) is 125 Å². The molecule has 4 bridgehead atoms. The number of esters is 2. The van der Waals surface area contributed by atoms with Crippen LogP contribution in [0.2, 0.25) is 78.6 Å². The Kier molecular flexibility index (Phi) is 33.8. The second-order valence-electron chi connectivity index (χ2n) is 43.3. The predicted octanol–water partition coefficient (Wildman–Crippen LogP) is 12.2. The first kappa shape index (κ1) is 103. The fraction of sp³-hybridized carbons (Fsp3) is 0.977. The molecule has 4 N–H and O–H groups in total. The SMILES string of the molecule is CC[C@H]1OC(=O)[C@H](C)[C@H](O[C@H]2C[C@@](C)(OC)[C@@H](O[Si](C)(C)C)[C@H](C)O2)[C@H](C)[C@@H](O[C@@H]2O[C@H](C)C[C@H](N(C)C)[C@H]2O[Si](C)(C)C)[C@](C)(O)C[C@@H](C)[C@@H]2O[B-]3(O[C@@H]4[C@@H](C)[C@@H](O3)[C@](C)(O)[C@@H](CC)OC(=O)[C@H](C)[C@@H](O[C@H]3C[C@@](C)(OC)[C@@H](O[Si](C)(C)C)[C@H](C)O3)[C@H](C)[C@@H](O[C@@H]3O[C@H](C)C[C@H](N(C)C)[C@H]3O[Si](C)(C)C)[C@](C)(O)C[C@H]4C)O[C@H]([C@@H]2C)[C@]1(C)O. The highest BCUT2D eigenvalue weighted by atomic mass is 28.4. The van der Waals surface area contributed by atoms with Gasteiger partial charge in [-0.25, -0.2) is 0 Å². The highest BCUT2D eigenvalue weighted by molar-refractivity contribution is 6.70. The summed E-state index contributed by atoms with van der Waals surface area (Å²) in [6.45, 7) is 58.7. The summed E-state index contributed by atoms with van der Waals surface area (Å²) in [4.78, 5) is 36.0. The van der Waals surface area contributed by atoms with Crippen LogP contribution in [-0.2, 0) is 103 Å². The van der Waals surface area contributed by atoms with E-state index in [0.717, 1.165) is 0 Å². The number of hydrogen-bond acceptors (Lipinski definition) is 28. The van der Waals surface area contributed by atoms with Gasteiger partial charge in [0.2, 0.25) is 0 Å². The molecule has 39 atom stereocenters. The van der Waals surface area contributed by atoms with Crippen LogP contribution in [0.1, 0.15) is 190 Å². The fourth-order valence-corrected chi connectivity index (χ4v) is 25.9.